The lowest BCUT2D eigenvalue weighted by Gasteiger charge is -2.36. The molecule has 1 aromatic heterocycles. The van der Waals surface area contributed by atoms with Crippen LogP contribution in [0.15, 0.2) is 30.5 Å². The molecule has 1 aliphatic rings. The van der Waals surface area contributed by atoms with E-state index in [0.717, 1.165) is 24.8 Å². The average Bonchev–Trinajstić information content (AvgIpc) is 3.03. The average molecular weight is 349 g/mol. The Kier molecular flexibility index (Phi) is 4.80. The van der Waals surface area contributed by atoms with Gasteiger partial charge in [-0.2, -0.15) is 0 Å². The molecule has 2 aromatic rings. The maximum atomic E-state index is 12.7. The van der Waals surface area contributed by atoms with E-state index in [1.807, 2.05) is 29.2 Å². The molecule has 126 valence electrons. The van der Waals surface area contributed by atoms with E-state index >= 15 is 0 Å². The van der Waals surface area contributed by atoms with Gasteiger partial charge in [0.05, 0.1) is 12.2 Å². The lowest BCUT2D eigenvalue weighted by molar-refractivity contribution is -0.136. The fourth-order valence-electron chi connectivity index (χ4n) is 2.99. The van der Waals surface area contributed by atoms with Gasteiger partial charge < -0.3 is 10.0 Å². The van der Waals surface area contributed by atoms with Crippen LogP contribution in [0.4, 0.5) is 0 Å². The van der Waals surface area contributed by atoms with E-state index in [9.17, 15) is 9.59 Å². The van der Waals surface area contributed by atoms with E-state index in [1.165, 1.54) is 10.9 Å². The van der Waals surface area contributed by atoms with Gasteiger partial charge in [0.25, 0.3) is 0 Å². The van der Waals surface area contributed by atoms with Crippen LogP contribution in [0.5, 0.6) is 0 Å². The Bertz CT molecular complexity index is 761. The maximum Gasteiger partial charge on any atom is 0.358 e. The molecule has 1 amide bonds. The minimum absolute atomic E-state index is 0.0209. The van der Waals surface area contributed by atoms with E-state index in [4.69, 9.17) is 16.7 Å². The first-order valence-electron chi connectivity index (χ1n) is 7.73. The van der Waals surface area contributed by atoms with Crippen LogP contribution in [0.1, 0.15) is 41.4 Å². The monoisotopic (exact) mass is 348 g/mol. The van der Waals surface area contributed by atoms with Crippen LogP contribution >= 0.6 is 11.6 Å². The van der Waals surface area contributed by atoms with Crippen LogP contribution in [0, 0.1) is 0 Å². The van der Waals surface area contributed by atoms with Gasteiger partial charge in [0.1, 0.15) is 6.54 Å². The van der Waals surface area contributed by atoms with E-state index in [-0.39, 0.29) is 24.2 Å². The fourth-order valence-corrected chi connectivity index (χ4v) is 3.19. The highest BCUT2D eigenvalue weighted by Crippen LogP contribution is 2.32. The Morgan fingerprint density at radius 1 is 1.33 bits per heavy atom. The Morgan fingerprint density at radius 2 is 2.17 bits per heavy atom. The third kappa shape index (κ3) is 3.56. The summed E-state index contributed by atoms with van der Waals surface area (Å²) in [6.07, 6.45) is 4.14. The Balaban J connectivity index is 1.76. The number of rotatable bonds is 4. The van der Waals surface area contributed by atoms with Crippen molar-refractivity contribution in [1.29, 1.82) is 0 Å². The summed E-state index contributed by atoms with van der Waals surface area (Å²) in [5, 5.41) is 16.7. The molecule has 1 atom stereocenters. The number of hydrogen-bond acceptors (Lipinski definition) is 4. The molecule has 3 rings (SSSR count). The van der Waals surface area contributed by atoms with Crippen molar-refractivity contribution in [3.63, 3.8) is 0 Å². The molecule has 0 radical (unpaired) electrons. The van der Waals surface area contributed by atoms with E-state index in [2.05, 4.69) is 10.3 Å². The molecule has 7 nitrogen and oxygen atoms in total. The minimum Gasteiger partial charge on any atom is -0.476 e. The number of hydrogen-bond donors (Lipinski definition) is 1. The number of aromatic nitrogens is 3. The highest BCUT2D eigenvalue weighted by molar-refractivity contribution is 6.30. The van der Waals surface area contributed by atoms with E-state index < -0.39 is 5.97 Å². The van der Waals surface area contributed by atoms with Gasteiger partial charge in [-0.15, -0.1) is 5.10 Å². The van der Waals surface area contributed by atoms with Crippen LogP contribution in [0.3, 0.4) is 0 Å². The van der Waals surface area contributed by atoms with Crippen molar-refractivity contribution in [2.75, 3.05) is 6.54 Å². The van der Waals surface area contributed by atoms with Gasteiger partial charge in [0, 0.05) is 11.6 Å². The number of nitrogens with zero attached hydrogens (tertiary/aromatic N) is 4. The second-order valence-corrected chi connectivity index (χ2v) is 6.20. The SMILES string of the molecule is O=C(O)c1cn(CC(=O)N2CCCCC2c2cccc(Cl)c2)nn1. The molecule has 1 aromatic carbocycles. The Labute approximate surface area is 143 Å². The first-order chi connectivity index (χ1) is 11.5. The summed E-state index contributed by atoms with van der Waals surface area (Å²) in [6, 6.07) is 7.53. The van der Waals surface area contributed by atoms with Gasteiger partial charge in [-0.05, 0) is 37.0 Å². The summed E-state index contributed by atoms with van der Waals surface area (Å²) in [5.41, 5.74) is 0.841. The van der Waals surface area contributed by atoms with Crippen molar-refractivity contribution in [3.05, 3.63) is 46.7 Å². The molecule has 8 heteroatoms. The molecule has 0 bridgehead atoms. The summed E-state index contributed by atoms with van der Waals surface area (Å²) in [7, 11) is 0. The zero-order chi connectivity index (χ0) is 17.1. The van der Waals surface area contributed by atoms with Gasteiger partial charge in [0.15, 0.2) is 5.69 Å². The number of carboxylic acids is 1. The second kappa shape index (κ2) is 7.00. The number of aromatic carboxylic acids is 1. The molecule has 0 spiro atoms. The Hall–Kier alpha value is -2.41. The molecule has 24 heavy (non-hydrogen) atoms. The van der Waals surface area contributed by atoms with Gasteiger partial charge >= 0.3 is 5.97 Å². The molecular weight excluding hydrogens is 332 g/mol. The van der Waals surface area contributed by atoms with E-state index in [0.29, 0.717) is 11.6 Å². The molecule has 2 heterocycles. The molecule has 0 saturated carbocycles. The molecule has 1 unspecified atom stereocenters. The van der Waals surface area contributed by atoms with Gasteiger partial charge in [-0.1, -0.05) is 28.9 Å². The van der Waals surface area contributed by atoms with Crippen molar-refractivity contribution in [1.82, 2.24) is 19.9 Å². The third-order valence-corrected chi connectivity index (χ3v) is 4.35. The number of likely N-dealkylation sites (tertiary alicyclic amines) is 1. The summed E-state index contributed by atoms with van der Waals surface area (Å²) in [6.45, 7) is 0.633. The number of halogens is 1. The second-order valence-electron chi connectivity index (χ2n) is 5.76. The summed E-state index contributed by atoms with van der Waals surface area (Å²) >= 11 is 6.07. The smallest absolute Gasteiger partial charge is 0.358 e. The first kappa shape index (κ1) is 16.4. The molecule has 1 fully saturated rings. The minimum atomic E-state index is -1.16. The molecule has 1 aliphatic heterocycles. The zero-order valence-electron chi connectivity index (χ0n) is 12.9. The van der Waals surface area contributed by atoms with Crippen molar-refractivity contribution >= 4 is 23.5 Å². The third-order valence-electron chi connectivity index (χ3n) is 4.11. The standard InChI is InChI=1S/C16H17ClN4O3/c17-12-5-3-4-11(8-12)14-6-1-2-7-21(14)15(22)10-20-9-13(16(23)24)18-19-20/h3-5,8-9,14H,1-2,6-7,10H2,(H,23,24). The molecule has 1 N–H and O–H groups in total. The van der Waals surface area contributed by atoms with Gasteiger partial charge in [0.2, 0.25) is 5.91 Å². The normalized spacial score (nSPS) is 17.7. The highest BCUT2D eigenvalue weighted by Gasteiger charge is 2.28. The topological polar surface area (TPSA) is 88.3 Å². The summed E-state index contributed by atoms with van der Waals surface area (Å²) < 4.78 is 1.26. The largest absolute Gasteiger partial charge is 0.476 e. The van der Waals surface area contributed by atoms with Crippen molar-refractivity contribution in [2.24, 2.45) is 0 Å². The van der Waals surface area contributed by atoms with Crippen LogP contribution < -0.4 is 0 Å². The predicted octanol–water partition coefficient (Wildman–Crippen LogP) is 2.38. The van der Waals surface area contributed by atoms with E-state index in [1.54, 1.807) is 0 Å². The number of carboxylic acid groups (broad SMARTS) is 1. The van der Waals surface area contributed by atoms with Crippen LogP contribution in [0.25, 0.3) is 0 Å². The van der Waals surface area contributed by atoms with Crippen LogP contribution in [-0.2, 0) is 11.3 Å². The zero-order valence-corrected chi connectivity index (χ0v) is 13.7. The maximum absolute atomic E-state index is 12.7. The van der Waals surface area contributed by atoms with Gasteiger partial charge in [-0.3, -0.25) is 4.79 Å². The number of piperidine rings is 1. The first-order valence-corrected chi connectivity index (χ1v) is 8.11. The number of amides is 1. The van der Waals surface area contributed by atoms with Crippen molar-refractivity contribution in [3.8, 4) is 0 Å². The Morgan fingerprint density at radius 3 is 2.88 bits per heavy atom. The number of carbonyl (C=O) groups is 2. The predicted molar refractivity (Wildman–Crippen MR) is 86.7 cm³/mol. The van der Waals surface area contributed by atoms with Crippen molar-refractivity contribution in [2.45, 2.75) is 31.8 Å². The highest BCUT2D eigenvalue weighted by atomic mass is 35.5. The van der Waals surface area contributed by atoms with Crippen molar-refractivity contribution < 1.29 is 14.7 Å². The number of benzene rings is 1. The summed E-state index contributed by atoms with van der Waals surface area (Å²) in [5.74, 6) is -1.27. The molecule has 0 aliphatic carbocycles. The quantitative estimate of drug-likeness (QED) is 0.916. The van der Waals surface area contributed by atoms with Crippen LogP contribution in [0.2, 0.25) is 5.02 Å². The molecular formula is C16H17ClN4O3. The molecule has 1 saturated heterocycles. The lowest BCUT2D eigenvalue weighted by atomic mass is 9.95. The van der Waals surface area contributed by atoms with Crippen LogP contribution in [-0.4, -0.2) is 43.4 Å². The lowest BCUT2D eigenvalue weighted by Crippen LogP contribution is -2.40. The number of carbonyl (C=O) groups excluding carboxylic acids is 1. The fraction of sp³-hybridized carbons (Fsp3) is 0.375. The summed E-state index contributed by atoms with van der Waals surface area (Å²) in [4.78, 5) is 25.3. The van der Waals surface area contributed by atoms with Gasteiger partial charge in [-0.25, -0.2) is 9.48 Å².